The number of aromatic nitrogens is 2. The van der Waals surface area contributed by atoms with Crippen molar-refractivity contribution in [1.29, 1.82) is 0 Å². The molecule has 18 heavy (non-hydrogen) atoms. The van der Waals surface area contributed by atoms with Crippen molar-refractivity contribution in [2.24, 2.45) is 0 Å². The number of benzene rings is 1. The summed E-state index contributed by atoms with van der Waals surface area (Å²) >= 11 is 7.65. The molecule has 0 aliphatic heterocycles. The van der Waals surface area contributed by atoms with Gasteiger partial charge in [0, 0.05) is 4.90 Å². The van der Waals surface area contributed by atoms with Gasteiger partial charge in [-0.2, -0.15) is 0 Å². The second kappa shape index (κ2) is 5.59. The number of aryl methyl sites for hydroxylation is 2. The fourth-order valence-electron chi connectivity index (χ4n) is 1.43. The number of hydrogen-bond donors (Lipinski definition) is 0. The number of nitrogens with zero attached hydrogens (tertiary/aromatic N) is 2. The van der Waals surface area contributed by atoms with Gasteiger partial charge in [0.15, 0.2) is 5.15 Å². The van der Waals surface area contributed by atoms with Crippen LogP contribution < -0.4 is 4.74 Å². The van der Waals surface area contributed by atoms with Crippen LogP contribution in [0.15, 0.2) is 29.2 Å². The minimum absolute atomic E-state index is 0.286. The van der Waals surface area contributed by atoms with Crippen molar-refractivity contribution >= 4 is 23.4 Å². The van der Waals surface area contributed by atoms with Crippen LogP contribution in [0.2, 0.25) is 5.15 Å². The maximum Gasteiger partial charge on any atom is 0.257 e. The minimum atomic E-state index is 0.286. The monoisotopic (exact) mass is 280 g/mol. The molecule has 1 aromatic carbocycles. The van der Waals surface area contributed by atoms with Crippen LogP contribution in [-0.2, 0) is 0 Å². The van der Waals surface area contributed by atoms with Crippen LogP contribution in [0.4, 0.5) is 0 Å². The van der Waals surface area contributed by atoms with Crippen LogP contribution in [0.3, 0.4) is 0 Å². The van der Waals surface area contributed by atoms with Gasteiger partial charge in [-0.1, -0.05) is 23.7 Å². The van der Waals surface area contributed by atoms with Crippen molar-refractivity contribution < 1.29 is 4.74 Å². The first-order valence-corrected chi connectivity index (χ1v) is 7.03. The lowest BCUT2D eigenvalue weighted by atomic mass is 10.3. The van der Waals surface area contributed by atoms with Crippen LogP contribution >= 0.6 is 23.4 Å². The largest absolute Gasteiger partial charge is 0.435 e. The Morgan fingerprint density at radius 3 is 2.50 bits per heavy atom. The molecule has 1 heterocycles. The summed E-state index contributed by atoms with van der Waals surface area (Å²) < 4.78 is 5.74. The Balaban J connectivity index is 2.37. The van der Waals surface area contributed by atoms with Gasteiger partial charge in [-0.05, 0) is 32.2 Å². The number of thioether (sulfide) groups is 1. The van der Waals surface area contributed by atoms with Crippen molar-refractivity contribution in [2.45, 2.75) is 18.7 Å². The van der Waals surface area contributed by atoms with E-state index in [0.29, 0.717) is 5.88 Å². The van der Waals surface area contributed by atoms with Crippen molar-refractivity contribution in [1.82, 2.24) is 9.97 Å². The van der Waals surface area contributed by atoms with E-state index in [9.17, 15) is 0 Å². The second-order valence-corrected chi connectivity index (χ2v) is 4.95. The average molecular weight is 281 g/mol. The van der Waals surface area contributed by atoms with E-state index in [2.05, 4.69) is 9.97 Å². The molecule has 1 aromatic heterocycles. The summed E-state index contributed by atoms with van der Waals surface area (Å²) in [5.41, 5.74) is 1.63. The standard InChI is InChI=1S/C13H13ClN2OS/c1-8-9(2)16-13(12(14)15-8)17-10-6-4-5-7-11(10)18-3/h4-7H,1-3H3. The molecule has 0 saturated heterocycles. The molecule has 0 spiro atoms. The van der Waals surface area contributed by atoms with E-state index in [4.69, 9.17) is 16.3 Å². The minimum Gasteiger partial charge on any atom is -0.435 e. The average Bonchev–Trinajstić information content (AvgIpc) is 2.36. The van der Waals surface area contributed by atoms with E-state index in [1.54, 1.807) is 11.8 Å². The van der Waals surface area contributed by atoms with E-state index in [-0.39, 0.29) is 5.15 Å². The van der Waals surface area contributed by atoms with Crippen molar-refractivity contribution in [3.05, 3.63) is 40.8 Å². The summed E-state index contributed by atoms with van der Waals surface area (Å²) in [6.07, 6.45) is 2.00. The van der Waals surface area contributed by atoms with Gasteiger partial charge in [-0.3, -0.25) is 0 Å². The van der Waals surface area contributed by atoms with Crippen LogP contribution in [-0.4, -0.2) is 16.2 Å². The number of halogens is 1. The molecule has 0 radical (unpaired) electrons. The Kier molecular flexibility index (Phi) is 4.09. The Morgan fingerprint density at radius 2 is 1.78 bits per heavy atom. The lowest BCUT2D eigenvalue weighted by Crippen LogP contribution is -1.97. The number of para-hydroxylation sites is 1. The molecule has 94 valence electrons. The van der Waals surface area contributed by atoms with Gasteiger partial charge in [0.1, 0.15) is 5.75 Å². The molecule has 3 nitrogen and oxygen atoms in total. The molecule has 0 saturated carbocycles. The Labute approximate surface area is 116 Å². The van der Waals surface area contributed by atoms with Gasteiger partial charge in [-0.15, -0.1) is 11.8 Å². The van der Waals surface area contributed by atoms with E-state index in [1.165, 1.54) is 0 Å². The predicted octanol–water partition coefficient (Wildman–Crippen LogP) is 4.26. The smallest absolute Gasteiger partial charge is 0.257 e. The lowest BCUT2D eigenvalue weighted by molar-refractivity contribution is 0.448. The molecule has 0 bridgehead atoms. The normalized spacial score (nSPS) is 10.4. The van der Waals surface area contributed by atoms with Gasteiger partial charge < -0.3 is 4.74 Å². The summed E-state index contributed by atoms with van der Waals surface area (Å²) in [6.45, 7) is 3.75. The number of rotatable bonds is 3. The molecule has 0 unspecified atom stereocenters. The molecular weight excluding hydrogens is 268 g/mol. The van der Waals surface area contributed by atoms with E-state index in [0.717, 1.165) is 22.0 Å². The van der Waals surface area contributed by atoms with Crippen molar-refractivity contribution in [3.8, 4) is 11.6 Å². The summed E-state index contributed by atoms with van der Waals surface area (Å²) in [7, 11) is 0. The zero-order chi connectivity index (χ0) is 13.1. The highest BCUT2D eigenvalue weighted by Gasteiger charge is 2.11. The SMILES string of the molecule is CSc1ccccc1Oc1nc(C)c(C)nc1Cl. The maximum absolute atomic E-state index is 6.04. The molecule has 0 N–H and O–H groups in total. The maximum atomic E-state index is 6.04. The van der Waals surface area contributed by atoms with Crippen LogP contribution in [0, 0.1) is 13.8 Å². The third kappa shape index (κ3) is 2.76. The van der Waals surface area contributed by atoms with E-state index in [1.807, 2.05) is 44.4 Å². The summed E-state index contributed by atoms with van der Waals surface area (Å²) in [4.78, 5) is 9.55. The Morgan fingerprint density at radius 1 is 1.11 bits per heavy atom. The second-order valence-electron chi connectivity index (χ2n) is 3.74. The zero-order valence-corrected chi connectivity index (χ0v) is 12.0. The molecule has 5 heteroatoms. The Bertz CT molecular complexity index is 575. The molecule has 0 aliphatic rings. The molecule has 2 aromatic rings. The highest BCUT2D eigenvalue weighted by molar-refractivity contribution is 7.98. The zero-order valence-electron chi connectivity index (χ0n) is 10.4. The summed E-state index contributed by atoms with van der Waals surface area (Å²) in [6, 6.07) is 7.76. The fourth-order valence-corrected chi connectivity index (χ4v) is 2.16. The Hall–Kier alpha value is -1.26. The van der Waals surface area contributed by atoms with Gasteiger partial charge in [0.05, 0.1) is 11.4 Å². The predicted molar refractivity (Wildman–Crippen MR) is 74.8 cm³/mol. The van der Waals surface area contributed by atoms with Crippen molar-refractivity contribution in [3.63, 3.8) is 0 Å². The first-order valence-electron chi connectivity index (χ1n) is 5.43. The van der Waals surface area contributed by atoms with Crippen LogP contribution in [0.25, 0.3) is 0 Å². The highest BCUT2D eigenvalue weighted by Crippen LogP contribution is 2.33. The third-order valence-corrected chi connectivity index (χ3v) is 3.53. The molecule has 0 amide bonds. The lowest BCUT2D eigenvalue weighted by Gasteiger charge is -2.10. The van der Waals surface area contributed by atoms with Gasteiger partial charge in [0.25, 0.3) is 5.88 Å². The molecule has 0 aliphatic carbocycles. The molecule has 0 atom stereocenters. The van der Waals surface area contributed by atoms with Gasteiger partial charge in [0.2, 0.25) is 0 Å². The number of hydrogen-bond acceptors (Lipinski definition) is 4. The van der Waals surface area contributed by atoms with Crippen molar-refractivity contribution in [2.75, 3.05) is 6.26 Å². The van der Waals surface area contributed by atoms with E-state index < -0.39 is 0 Å². The van der Waals surface area contributed by atoms with Crippen LogP contribution in [0.1, 0.15) is 11.4 Å². The highest BCUT2D eigenvalue weighted by atomic mass is 35.5. The number of ether oxygens (including phenoxy) is 1. The van der Waals surface area contributed by atoms with Gasteiger partial charge >= 0.3 is 0 Å². The topological polar surface area (TPSA) is 35.0 Å². The first kappa shape index (κ1) is 13.2. The van der Waals surface area contributed by atoms with E-state index >= 15 is 0 Å². The summed E-state index contributed by atoms with van der Waals surface area (Å²) in [5, 5.41) is 0.286. The quantitative estimate of drug-likeness (QED) is 0.787. The third-order valence-electron chi connectivity index (χ3n) is 2.51. The molecular formula is C13H13ClN2OS. The molecule has 0 fully saturated rings. The summed E-state index contributed by atoms with van der Waals surface area (Å²) in [5.74, 6) is 1.09. The van der Waals surface area contributed by atoms with Crippen LogP contribution in [0.5, 0.6) is 11.6 Å². The fraction of sp³-hybridized carbons (Fsp3) is 0.231. The molecule has 2 rings (SSSR count). The first-order chi connectivity index (χ1) is 8.61. The van der Waals surface area contributed by atoms with Gasteiger partial charge in [-0.25, -0.2) is 9.97 Å².